The number of rotatable bonds is 6. The van der Waals surface area contributed by atoms with Crippen molar-refractivity contribution in [3.8, 4) is 0 Å². The highest BCUT2D eigenvalue weighted by Crippen LogP contribution is 2.23. The average Bonchev–Trinajstić information content (AvgIpc) is 2.55. The molecule has 2 aromatic carbocycles. The minimum absolute atomic E-state index is 0.0514. The fourth-order valence-electron chi connectivity index (χ4n) is 2.42. The first-order valence-corrected chi connectivity index (χ1v) is 9.90. The summed E-state index contributed by atoms with van der Waals surface area (Å²) >= 11 is 0. The van der Waals surface area contributed by atoms with Gasteiger partial charge in [0.25, 0.3) is 10.0 Å². The minimum atomic E-state index is -4.01. The predicted molar refractivity (Wildman–Crippen MR) is 103 cm³/mol. The number of sulfonamides is 1. The molecule has 0 aliphatic carbocycles. The van der Waals surface area contributed by atoms with Gasteiger partial charge in [0, 0.05) is 5.56 Å². The smallest absolute Gasteiger partial charge is 0.314 e. The number of hydrogen-bond acceptors (Lipinski definition) is 5. The normalized spacial score (nSPS) is 11.7. The van der Waals surface area contributed by atoms with E-state index in [4.69, 9.17) is 4.74 Å². The third kappa shape index (κ3) is 5.65. The summed E-state index contributed by atoms with van der Waals surface area (Å²) in [5, 5.41) is 0. The number of ketones is 1. The van der Waals surface area contributed by atoms with Gasteiger partial charge < -0.3 is 4.74 Å². The molecule has 0 heterocycles. The minimum Gasteiger partial charge on any atom is -0.460 e. The van der Waals surface area contributed by atoms with E-state index in [1.165, 1.54) is 18.2 Å². The van der Waals surface area contributed by atoms with E-state index in [-0.39, 0.29) is 10.5 Å². The van der Waals surface area contributed by atoms with E-state index in [1.54, 1.807) is 58.0 Å². The van der Waals surface area contributed by atoms with Crippen LogP contribution in [-0.4, -0.2) is 25.8 Å². The molecular formula is C20H23NO5S. The molecule has 0 saturated heterocycles. The molecule has 0 amide bonds. The van der Waals surface area contributed by atoms with E-state index >= 15 is 0 Å². The highest BCUT2D eigenvalue weighted by molar-refractivity contribution is 7.92. The first kappa shape index (κ1) is 20.6. The summed E-state index contributed by atoms with van der Waals surface area (Å²) < 4.78 is 33.3. The molecule has 0 aromatic heterocycles. The van der Waals surface area contributed by atoms with Crippen molar-refractivity contribution in [2.24, 2.45) is 0 Å². The third-order valence-corrected chi connectivity index (χ3v) is 5.01. The number of hydrogen-bond donors (Lipinski definition) is 1. The molecule has 0 spiro atoms. The molecule has 0 radical (unpaired) electrons. The molecule has 144 valence electrons. The average molecular weight is 389 g/mol. The molecule has 0 aliphatic heterocycles. The van der Waals surface area contributed by atoms with Crippen LogP contribution in [0.4, 0.5) is 5.69 Å². The van der Waals surface area contributed by atoms with Gasteiger partial charge in [-0.1, -0.05) is 36.4 Å². The van der Waals surface area contributed by atoms with Crippen LogP contribution in [0, 0.1) is 6.92 Å². The highest BCUT2D eigenvalue weighted by atomic mass is 32.2. The second-order valence-electron chi connectivity index (χ2n) is 7.10. The predicted octanol–water partition coefficient (Wildman–Crippen LogP) is 3.71. The lowest BCUT2D eigenvalue weighted by molar-refractivity contribution is -0.153. The lowest BCUT2D eigenvalue weighted by atomic mass is 10.1. The molecule has 7 heteroatoms. The van der Waals surface area contributed by atoms with Gasteiger partial charge in [0.05, 0.1) is 10.6 Å². The number of carbonyl (C=O) groups is 2. The van der Waals surface area contributed by atoms with E-state index in [1.807, 2.05) is 0 Å². The lowest BCUT2D eigenvalue weighted by Crippen LogP contribution is -2.26. The van der Waals surface area contributed by atoms with Gasteiger partial charge >= 0.3 is 5.97 Å². The Labute approximate surface area is 159 Å². The molecule has 0 saturated carbocycles. The number of anilines is 1. The molecular weight excluding hydrogens is 366 g/mol. The van der Waals surface area contributed by atoms with Gasteiger partial charge in [-0.2, -0.15) is 0 Å². The SMILES string of the molecule is Cc1ccccc1NS(=O)(=O)c1ccccc1C(=O)CC(=O)OC(C)(C)C. The largest absolute Gasteiger partial charge is 0.460 e. The van der Waals surface area contributed by atoms with Crippen molar-refractivity contribution in [3.63, 3.8) is 0 Å². The highest BCUT2D eigenvalue weighted by Gasteiger charge is 2.25. The molecule has 2 aromatic rings. The maximum absolute atomic E-state index is 12.8. The van der Waals surface area contributed by atoms with E-state index in [9.17, 15) is 18.0 Å². The molecule has 1 N–H and O–H groups in total. The van der Waals surface area contributed by atoms with Gasteiger partial charge in [-0.3, -0.25) is 14.3 Å². The Bertz CT molecular complexity index is 958. The molecule has 0 unspecified atom stereocenters. The molecule has 27 heavy (non-hydrogen) atoms. The van der Waals surface area contributed by atoms with Crippen LogP contribution >= 0.6 is 0 Å². The summed E-state index contributed by atoms with van der Waals surface area (Å²) in [5.41, 5.74) is 0.394. The summed E-state index contributed by atoms with van der Waals surface area (Å²) in [7, 11) is -4.01. The van der Waals surface area contributed by atoms with Crippen LogP contribution in [0.3, 0.4) is 0 Å². The summed E-state index contributed by atoms with van der Waals surface area (Å²) in [6, 6.07) is 12.7. The molecule has 0 fully saturated rings. The van der Waals surface area contributed by atoms with Crippen LogP contribution in [0.5, 0.6) is 0 Å². The zero-order valence-corrected chi connectivity index (χ0v) is 16.6. The summed E-state index contributed by atoms with van der Waals surface area (Å²) in [6.45, 7) is 6.86. The summed E-state index contributed by atoms with van der Waals surface area (Å²) in [4.78, 5) is 24.3. The number of aryl methyl sites for hydroxylation is 1. The van der Waals surface area contributed by atoms with Crippen LogP contribution in [0.1, 0.15) is 43.1 Å². The van der Waals surface area contributed by atoms with Crippen molar-refractivity contribution in [3.05, 3.63) is 59.7 Å². The first-order valence-electron chi connectivity index (χ1n) is 8.42. The Balaban J connectivity index is 2.30. The Morgan fingerprint density at radius 2 is 1.59 bits per heavy atom. The standard InChI is InChI=1S/C20H23NO5S/c1-14-9-5-7-11-16(14)21-27(24,25)18-12-8-6-10-15(18)17(22)13-19(23)26-20(2,3)4/h5-12,21H,13H2,1-4H3. The zero-order chi connectivity index (χ0) is 20.2. The van der Waals surface area contributed by atoms with Crippen LogP contribution in [-0.2, 0) is 19.6 Å². The molecule has 0 aliphatic rings. The quantitative estimate of drug-likeness (QED) is 0.462. The fourth-order valence-corrected chi connectivity index (χ4v) is 3.78. The number of para-hydroxylation sites is 1. The second-order valence-corrected chi connectivity index (χ2v) is 8.75. The Hall–Kier alpha value is -2.67. The van der Waals surface area contributed by atoms with E-state index in [2.05, 4.69) is 4.72 Å². The Kier molecular flexibility index (Phi) is 6.05. The molecule has 0 atom stereocenters. The van der Waals surface area contributed by atoms with Gasteiger partial charge in [0.2, 0.25) is 0 Å². The maximum atomic E-state index is 12.8. The van der Waals surface area contributed by atoms with Crippen molar-refractivity contribution < 1.29 is 22.7 Å². The van der Waals surface area contributed by atoms with Crippen molar-refractivity contribution in [2.75, 3.05) is 4.72 Å². The van der Waals surface area contributed by atoms with E-state index in [0.717, 1.165) is 5.56 Å². The van der Waals surface area contributed by atoms with E-state index < -0.39 is 33.8 Å². The second kappa shape index (κ2) is 7.92. The van der Waals surface area contributed by atoms with Gasteiger partial charge in [-0.15, -0.1) is 0 Å². The number of benzene rings is 2. The third-order valence-electron chi connectivity index (χ3n) is 3.59. The topological polar surface area (TPSA) is 89.5 Å². The summed E-state index contributed by atoms with van der Waals surface area (Å²) in [6.07, 6.45) is -0.534. The van der Waals surface area contributed by atoms with Gasteiger partial charge in [0.1, 0.15) is 12.0 Å². The number of esters is 1. The number of carbonyl (C=O) groups excluding carboxylic acids is 2. The molecule has 0 bridgehead atoms. The van der Waals surface area contributed by atoms with Crippen LogP contribution in [0.2, 0.25) is 0 Å². The molecule has 6 nitrogen and oxygen atoms in total. The van der Waals surface area contributed by atoms with Crippen LogP contribution in [0.15, 0.2) is 53.4 Å². The van der Waals surface area contributed by atoms with Crippen molar-refractivity contribution in [1.29, 1.82) is 0 Å². The van der Waals surface area contributed by atoms with Crippen LogP contribution < -0.4 is 4.72 Å². The van der Waals surface area contributed by atoms with Crippen LogP contribution in [0.25, 0.3) is 0 Å². The number of nitrogens with one attached hydrogen (secondary N) is 1. The van der Waals surface area contributed by atoms with Crippen molar-refractivity contribution in [1.82, 2.24) is 0 Å². The van der Waals surface area contributed by atoms with Gasteiger partial charge in [-0.05, 0) is 45.4 Å². The van der Waals surface area contributed by atoms with Crippen molar-refractivity contribution in [2.45, 2.75) is 44.6 Å². The fraction of sp³-hybridized carbons (Fsp3) is 0.300. The van der Waals surface area contributed by atoms with Gasteiger partial charge in [-0.25, -0.2) is 8.42 Å². The number of Topliss-reactive ketones (excluding diaryl/α,β-unsaturated/α-hetero) is 1. The lowest BCUT2D eigenvalue weighted by Gasteiger charge is -2.19. The monoisotopic (exact) mass is 389 g/mol. The van der Waals surface area contributed by atoms with Gasteiger partial charge in [0.15, 0.2) is 5.78 Å². The summed E-state index contributed by atoms with van der Waals surface area (Å²) in [5.74, 6) is -1.32. The Morgan fingerprint density at radius 1 is 1.00 bits per heavy atom. The Morgan fingerprint density at radius 3 is 2.22 bits per heavy atom. The maximum Gasteiger partial charge on any atom is 0.314 e. The zero-order valence-electron chi connectivity index (χ0n) is 15.8. The number of ether oxygens (including phenoxy) is 1. The van der Waals surface area contributed by atoms with E-state index in [0.29, 0.717) is 5.69 Å². The first-order chi connectivity index (χ1) is 12.5. The molecule has 2 rings (SSSR count). The van der Waals surface area contributed by atoms with Crippen molar-refractivity contribution >= 4 is 27.5 Å².